The number of benzene rings is 2. The highest BCUT2D eigenvalue weighted by molar-refractivity contribution is 7.89. The Kier molecular flexibility index (Phi) is 5.54. The molecule has 160 valence electrons. The smallest absolute Gasteiger partial charge is 0.408 e. The number of hydrogen-bond donors (Lipinski definition) is 0. The van der Waals surface area contributed by atoms with Gasteiger partial charge in [0.05, 0.1) is 29.2 Å². The van der Waals surface area contributed by atoms with Gasteiger partial charge in [0.1, 0.15) is 0 Å². The third-order valence-electron chi connectivity index (χ3n) is 5.36. The van der Waals surface area contributed by atoms with E-state index in [1.165, 1.54) is 21.0 Å². The van der Waals surface area contributed by atoms with Gasteiger partial charge in [0.15, 0.2) is 5.58 Å². The molecule has 3 aromatic rings. The second-order valence-electron chi connectivity index (χ2n) is 7.70. The summed E-state index contributed by atoms with van der Waals surface area (Å²) in [4.78, 5) is 13.9. The molecule has 0 amide bonds. The zero-order chi connectivity index (χ0) is 21.5. The first kappa shape index (κ1) is 20.8. The SMILES string of the molecule is CN(C)C[C@@H]1OCCN(S(=O)(=O)c2ccc3c(c2)oc(=O)n3C)[C@H]1c1ccccc1. The van der Waals surface area contributed by atoms with Gasteiger partial charge in [0.2, 0.25) is 10.0 Å². The van der Waals surface area contributed by atoms with Crippen LogP contribution < -0.4 is 5.76 Å². The minimum Gasteiger partial charge on any atom is -0.408 e. The maximum atomic E-state index is 13.7. The lowest BCUT2D eigenvalue weighted by Gasteiger charge is -2.41. The van der Waals surface area contributed by atoms with Crippen LogP contribution in [0.3, 0.4) is 0 Å². The summed E-state index contributed by atoms with van der Waals surface area (Å²) in [5.41, 5.74) is 1.67. The largest absolute Gasteiger partial charge is 0.419 e. The average molecular weight is 432 g/mol. The van der Waals surface area contributed by atoms with Crippen LogP contribution in [0.15, 0.2) is 62.6 Å². The van der Waals surface area contributed by atoms with Gasteiger partial charge in [0.25, 0.3) is 0 Å². The second kappa shape index (κ2) is 7.99. The third kappa shape index (κ3) is 3.69. The fourth-order valence-electron chi connectivity index (χ4n) is 3.93. The molecule has 4 rings (SSSR count). The molecule has 30 heavy (non-hydrogen) atoms. The van der Waals surface area contributed by atoms with Crippen LogP contribution in [0.1, 0.15) is 11.6 Å². The molecule has 2 heterocycles. The highest BCUT2D eigenvalue weighted by Crippen LogP contribution is 2.35. The number of sulfonamides is 1. The number of aromatic nitrogens is 1. The minimum absolute atomic E-state index is 0.0933. The van der Waals surface area contributed by atoms with Crippen LogP contribution in [0.2, 0.25) is 0 Å². The summed E-state index contributed by atoms with van der Waals surface area (Å²) >= 11 is 0. The molecule has 0 unspecified atom stereocenters. The Bertz CT molecular complexity index is 1200. The van der Waals surface area contributed by atoms with Crippen LogP contribution in [-0.2, 0) is 21.8 Å². The van der Waals surface area contributed by atoms with Crippen molar-refractivity contribution in [2.24, 2.45) is 7.05 Å². The highest BCUT2D eigenvalue weighted by atomic mass is 32.2. The lowest BCUT2D eigenvalue weighted by atomic mass is 9.99. The Hall–Kier alpha value is -2.46. The van der Waals surface area contributed by atoms with Crippen molar-refractivity contribution in [2.45, 2.75) is 17.0 Å². The highest BCUT2D eigenvalue weighted by Gasteiger charge is 2.41. The first-order valence-electron chi connectivity index (χ1n) is 9.72. The number of likely N-dealkylation sites (N-methyl/N-ethyl adjacent to an activating group) is 1. The number of rotatable bonds is 5. The number of aryl methyl sites for hydroxylation is 1. The van der Waals surface area contributed by atoms with Gasteiger partial charge in [-0.3, -0.25) is 4.57 Å². The lowest BCUT2D eigenvalue weighted by molar-refractivity contribution is -0.0514. The van der Waals surface area contributed by atoms with Gasteiger partial charge in [0, 0.05) is 26.2 Å². The van der Waals surface area contributed by atoms with Crippen LogP contribution in [0, 0.1) is 0 Å². The molecule has 2 aromatic carbocycles. The van der Waals surface area contributed by atoms with Gasteiger partial charge in [-0.05, 0) is 31.8 Å². The predicted octanol–water partition coefficient (Wildman–Crippen LogP) is 1.82. The zero-order valence-electron chi connectivity index (χ0n) is 17.2. The maximum Gasteiger partial charge on any atom is 0.419 e. The molecule has 2 atom stereocenters. The fraction of sp³-hybridized carbons (Fsp3) is 0.381. The molecule has 1 saturated heterocycles. The van der Waals surface area contributed by atoms with Crippen molar-refractivity contribution in [3.63, 3.8) is 0 Å². The van der Waals surface area contributed by atoms with Crippen LogP contribution in [0.5, 0.6) is 0 Å². The molecule has 0 N–H and O–H groups in total. The van der Waals surface area contributed by atoms with Gasteiger partial charge < -0.3 is 14.1 Å². The van der Waals surface area contributed by atoms with Crippen LogP contribution in [0.25, 0.3) is 11.1 Å². The Balaban J connectivity index is 1.79. The van der Waals surface area contributed by atoms with E-state index < -0.39 is 21.8 Å². The second-order valence-corrected chi connectivity index (χ2v) is 9.59. The molecule has 0 bridgehead atoms. The average Bonchev–Trinajstić information content (AvgIpc) is 3.01. The molecular weight excluding hydrogens is 406 g/mol. The quantitative estimate of drug-likeness (QED) is 0.613. The first-order chi connectivity index (χ1) is 14.3. The number of oxazole rings is 1. The summed E-state index contributed by atoms with van der Waals surface area (Å²) in [6.07, 6.45) is -0.315. The Morgan fingerprint density at radius 3 is 2.57 bits per heavy atom. The van der Waals surface area contributed by atoms with E-state index in [2.05, 4.69) is 0 Å². The van der Waals surface area contributed by atoms with E-state index in [9.17, 15) is 13.2 Å². The number of fused-ring (bicyclic) bond motifs is 1. The van der Waals surface area contributed by atoms with Crippen LogP contribution in [-0.4, -0.2) is 62.1 Å². The summed E-state index contributed by atoms with van der Waals surface area (Å²) in [6.45, 7) is 1.13. The predicted molar refractivity (Wildman–Crippen MR) is 113 cm³/mol. The zero-order valence-corrected chi connectivity index (χ0v) is 18.0. The van der Waals surface area contributed by atoms with E-state index >= 15 is 0 Å². The monoisotopic (exact) mass is 431 g/mol. The van der Waals surface area contributed by atoms with Gasteiger partial charge >= 0.3 is 5.76 Å². The molecule has 0 spiro atoms. The van der Waals surface area contributed by atoms with Gasteiger partial charge in [-0.25, -0.2) is 13.2 Å². The standard InChI is InChI=1S/C21H25N3O5S/c1-22(2)14-19-20(15-7-5-4-6-8-15)24(11-12-28-19)30(26,27)16-9-10-17-18(13-16)29-21(25)23(17)3/h4-10,13,19-20H,11-12,14H2,1-3H3/t19-,20-/m0/s1. The molecule has 1 fully saturated rings. The fourth-order valence-corrected chi connectivity index (χ4v) is 5.57. The number of ether oxygens (including phenoxy) is 1. The van der Waals surface area contributed by atoms with Crippen molar-refractivity contribution in [2.75, 3.05) is 33.8 Å². The molecule has 0 radical (unpaired) electrons. The van der Waals surface area contributed by atoms with Gasteiger partial charge in [-0.2, -0.15) is 4.31 Å². The number of morpholine rings is 1. The third-order valence-corrected chi connectivity index (χ3v) is 7.24. The van der Waals surface area contributed by atoms with Crippen molar-refractivity contribution in [3.8, 4) is 0 Å². The van der Waals surface area contributed by atoms with E-state index in [-0.39, 0.29) is 23.1 Å². The van der Waals surface area contributed by atoms with E-state index in [4.69, 9.17) is 9.15 Å². The minimum atomic E-state index is -3.86. The van der Waals surface area contributed by atoms with Crippen molar-refractivity contribution in [3.05, 3.63) is 64.6 Å². The van der Waals surface area contributed by atoms with E-state index in [1.54, 1.807) is 13.1 Å². The summed E-state index contributed by atoms with van der Waals surface area (Å²) in [5.74, 6) is -0.529. The van der Waals surface area contributed by atoms with Crippen molar-refractivity contribution < 1.29 is 17.6 Å². The van der Waals surface area contributed by atoms with E-state index in [0.29, 0.717) is 18.7 Å². The summed E-state index contributed by atoms with van der Waals surface area (Å²) < 4.78 is 41.4. The normalized spacial score (nSPS) is 20.8. The Morgan fingerprint density at radius 2 is 1.87 bits per heavy atom. The molecule has 1 aromatic heterocycles. The molecule has 1 aliphatic rings. The lowest BCUT2D eigenvalue weighted by Crippen LogP contribution is -2.51. The van der Waals surface area contributed by atoms with Crippen molar-refractivity contribution in [1.82, 2.24) is 13.8 Å². The molecule has 8 nitrogen and oxygen atoms in total. The number of hydrogen-bond acceptors (Lipinski definition) is 6. The van der Waals surface area contributed by atoms with Crippen molar-refractivity contribution >= 4 is 21.1 Å². The number of nitrogens with zero attached hydrogens (tertiary/aromatic N) is 3. The molecule has 1 aliphatic heterocycles. The Labute approximate surface area is 175 Å². The molecule has 0 aliphatic carbocycles. The maximum absolute atomic E-state index is 13.7. The van der Waals surface area contributed by atoms with Crippen LogP contribution >= 0.6 is 0 Å². The first-order valence-corrected chi connectivity index (χ1v) is 11.2. The van der Waals surface area contributed by atoms with E-state index in [0.717, 1.165) is 5.56 Å². The van der Waals surface area contributed by atoms with Crippen LogP contribution in [0.4, 0.5) is 0 Å². The van der Waals surface area contributed by atoms with Crippen molar-refractivity contribution in [1.29, 1.82) is 0 Å². The molecule has 0 saturated carbocycles. The molecular formula is C21H25N3O5S. The Morgan fingerprint density at radius 1 is 1.13 bits per heavy atom. The van der Waals surface area contributed by atoms with Gasteiger partial charge in [-0.15, -0.1) is 0 Å². The van der Waals surface area contributed by atoms with E-state index in [1.807, 2.05) is 49.3 Å². The summed E-state index contributed by atoms with van der Waals surface area (Å²) in [7, 11) is 1.59. The summed E-state index contributed by atoms with van der Waals surface area (Å²) in [5, 5.41) is 0. The summed E-state index contributed by atoms with van der Waals surface area (Å²) in [6, 6.07) is 13.6. The topological polar surface area (TPSA) is 85.0 Å². The molecule has 9 heteroatoms. The van der Waals surface area contributed by atoms with Gasteiger partial charge in [-0.1, -0.05) is 30.3 Å².